The molecule has 2 N–H and O–H groups in total. The summed E-state index contributed by atoms with van der Waals surface area (Å²) < 4.78 is 5.95. The number of halogens is 1. The van der Waals surface area contributed by atoms with E-state index in [0.29, 0.717) is 10.6 Å². The zero-order valence-corrected chi connectivity index (χ0v) is 14.5. The van der Waals surface area contributed by atoms with E-state index in [9.17, 15) is 9.59 Å². The molecule has 3 aromatic rings. The molecule has 1 aliphatic carbocycles. The second-order valence-corrected chi connectivity index (χ2v) is 6.66. The first-order valence-electron chi connectivity index (χ1n) is 8.25. The summed E-state index contributed by atoms with van der Waals surface area (Å²) in [6.07, 6.45) is 6.03. The molecule has 1 aromatic carbocycles. The van der Waals surface area contributed by atoms with Gasteiger partial charge in [0, 0.05) is 11.2 Å². The van der Waals surface area contributed by atoms with Gasteiger partial charge in [0.1, 0.15) is 6.54 Å². The second-order valence-electron chi connectivity index (χ2n) is 6.23. The van der Waals surface area contributed by atoms with Gasteiger partial charge in [-0.05, 0) is 42.5 Å². The first-order valence-corrected chi connectivity index (χ1v) is 8.63. The minimum absolute atomic E-state index is 0.0492. The molecule has 0 aliphatic heterocycles. The fourth-order valence-electron chi connectivity index (χ4n) is 3.23. The summed E-state index contributed by atoms with van der Waals surface area (Å²) in [5.41, 5.74) is 2.87. The molecule has 0 radical (unpaired) electrons. The molecule has 26 heavy (non-hydrogen) atoms. The van der Waals surface area contributed by atoms with Crippen LogP contribution in [-0.4, -0.2) is 25.8 Å². The second kappa shape index (κ2) is 6.80. The number of carbonyl (C=O) groups is 1. The number of rotatable bonds is 4. The number of hydrogen-bond donors (Lipinski definition) is 2. The number of fused-ring (bicyclic) bond motifs is 1. The highest BCUT2D eigenvalue weighted by Gasteiger charge is 2.22. The minimum atomic E-state index is -0.639. The number of amides is 1. The first-order chi connectivity index (χ1) is 12.6. The fraction of sp³-hybridized carbons (Fsp3) is 0.294. The summed E-state index contributed by atoms with van der Waals surface area (Å²) in [5.74, 6) is -0.510. The van der Waals surface area contributed by atoms with E-state index in [-0.39, 0.29) is 24.3 Å². The third kappa shape index (κ3) is 3.41. The monoisotopic (exact) mass is 373 g/mol. The molecule has 2 heterocycles. The van der Waals surface area contributed by atoms with Crippen molar-refractivity contribution in [3.05, 3.63) is 57.3 Å². The van der Waals surface area contributed by atoms with Crippen LogP contribution in [0.3, 0.4) is 0 Å². The van der Waals surface area contributed by atoms with Gasteiger partial charge >= 0.3 is 5.76 Å². The van der Waals surface area contributed by atoms with E-state index in [4.69, 9.17) is 11.6 Å². The van der Waals surface area contributed by atoms with Gasteiger partial charge < -0.3 is 5.32 Å². The van der Waals surface area contributed by atoms with Crippen LogP contribution in [0.5, 0.6) is 0 Å². The number of aryl methyl sites for hydroxylation is 1. The highest BCUT2D eigenvalue weighted by atomic mass is 35.5. The third-order valence-electron chi connectivity index (χ3n) is 4.41. The van der Waals surface area contributed by atoms with Gasteiger partial charge in [0.25, 0.3) is 0 Å². The van der Waals surface area contributed by atoms with Gasteiger partial charge in [-0.3, -0.25) is 19.0 Å². The zero-order valence-electron chi connectivity index (χ0n) is 13.7. The summed E-state index contributed by atoms with van der Waals surface area (Å²) in [5, 5.41) is 11.4. The van der Waals surface area contributed by atoms with E-state index in [1.54, 1.807) is 6.20 Å². The van der Waals surface area contributed by atoms with E-state index in [2.05, 4.69) is 25.1 Å². The molecule has 8 nitrogen and oxygen atoms in total. The van der Waals surface area contributed by atoms with Crippen molar-refractivity contribution in [1.82, 2.24) is 25.2 Å². The normalized spacial score (nSPS) is 16.3. The molecule has 0 spiro atoms. The topological polar surface area (TPSA) is 106 Å². The van der Waals surface area contributed by atoms with Gasteiger partial charge in [-0.25, -0.2) is 4.79 Å². The summed E-state index contributed by atoms with van der Waals surface area (Å²) in [6.45, 7) is 0.0640. The van der Waals surface area contributed by atoms with Gasteiger partial charge in [-0.2, -0.15) is 5.10 Å². The van der Waals surface area contributed by atoms with Crippen molar-refractivity contribution in [3.63, 3.8) is 0 Å². The van der Waals surface area contributed by atoms with Crippen LogP contribution < -0.4 is 11.1 Å². The smallest absolute Gasteiger partial charge is 0.348 e. The molecule has 0 saturated heterocycles. The summed E-state index contributed by atoms with van der Waals surface area (Å²) >= 11 is 6.11. The Labute approximate surface area is 153 Å². The van der Waals surface area contributed by atoms with Crippen LogP contribution in [-0.2, 0) is 17.8 Å². The minimum Gasteiger partial charge on any atom is -0.348 e. The van der Waals surface area contributed by atoms with Crippen LogP contribution in [0.4, 0.5) is 0 Å². The Bertz CT molecular complexity index is 1010. The fourth-order valence-corrected chi connectivity index (χ4v) is 3.41. The maximum absolute atomic E-state index is 12.4. The number of benzene rings is 1. The predicted molar refractivity (Wildman–Crippen MR) is 93.6 cm³/mol. The molecule has 4 rings (SSSR count). The van der Waals surface area contributed by atoms with Crippen LogP contribution in [0.2, 0.25) is 5.02 Å². The quantitative estimate of drug-likeness (QED) is 0.728. The van der Waals surface area contributed by atoms with Crippen LogP contribution in [0.25, 0.3) is 11.4 Å². The number of nitrogens with zero attached hydrogens (tertiary/aromatic N) is 3. The van der Waals surface area contributed by atoms with E-state index in [1.165, 1.54) is 16.4 Å². The lowest BCUT2D eigenvalue weighted by Crippen LogP contribution is -2.33. The molecule has 0 bridgehead atoms. The molecule has 0 unspecified atom stereocenters. The molecule has 1 amide bonds. The first kappa shape index (κ1) is 16.6. The lowest BCUT2D eigenvalue weighted by Gasteiger charge is -2.26. The van der Waals surface area contributed by atoms with Crippen LogP contribution in [0.1, 0.15) is 30.0 Å². The van der Waals surface area contributed by atoms with Crippen molar-refractivity contribution >= 4 is 17.5 Å². The number of aromatic nitrogens is 4. The lowest BCUT2D eigenvalue weighted by atomic mass is 9.87. The van der Waals surface area contributed by atoms with Gasteiger partial charge in [0.05, 0.1) is 17.8 Å². The van der Waals surface area contributed by atoms with Crippen LogP contribution in [0, 0.1) is 0 Å². The van der Waals surface area contributed by atoms with Gasteiger partial charge in [-0.15, -0.1) is 0 Å². The van der Waals surface area contributed by atoms with E-state index in [1.807, 2.05) is 18.2 Å². The van der Waals surface area contributed by atoms with Gasteiger partial charge in [0.15, 0.2) is 5.82 Å². The number of carbonyl (C=O) groups excluding carboxylic acids is 1. The molecule has 1 aliphatic rings. The summed E-state index contributed by atoms with van der Waals surface area (Å²) in [7, 11) is 0. The Morgan fingerprint density at radius 2 is 2.35 bits per heavy atom. The van der Waals surface area contributed by atoms with Crippen LogP contribution in [0.15, 0.2) is 39.9 Å². The molecule has 0 saturated carbocycles. The van der Waals surface area contributed by atoms with Crippen molar-refractivity contribution in [2.75, 3.05) is 0 Å². The van der Waals surface area contributed by atoms with E-state index >= 15 is 0 Å². The van der Waals surface area contributed by atoms with Crippen molar-refractivity contribution in [3.8, 4) is 11.4 Å². The maximum Gasteiger partial charge on any atom is 0.439 e. The largest absolute Gasteiger partial charge is 0.439 e. The number of hydrogen-bond acceptors (Lipinski definition) is 5. The Morgan fingerprint density at radius 1 is 1.46 bits per heavy atom. The molecule has 9 heteroatoms. The van der Waals surface area contributed by atoms with Crippen molar-refractivity contribution < 1.29 is 9.32 Å². The third-order valence-corrected chi connectivity index (χ3v) is 4.65. The lowest BCUT2D eigenvalue weighted by molar-refractivity contribution is -0.122. The highest BCUT2D eigenvalue weighted by Crippen LogP contribution is 2.31. The Balaban J connectivity index is 1.45. The number of aromatic amines is 1. The predicted octanol–water partition coefficient (Wildman–Crippen LogP) is 2.07. The van der Waals surface area contributed by atoms with E-state index in [0.717, 1.165) is 24.8 Å². The number of nitrogens with one attached hydrogen (secondary N) is 2. The average Bonchev–Trinajstić information content (AvgIpc) is 3.24. The van der Waals surface area contributed by atoms with E-state index < -0.39 is 5.76 Å². The Morgan fingerprint density at radius 3 is 3.15 bits per heavy atom. The average molecular weight is 374 g/mol. The van der Waals surface area contributed by atoms with Crippen molar-refractivity contribution in [2.24, 2.45) is 0 Å². The maximum atomic E-state index is 12.4. The highest BCUT2D eigenvalue weighted by molar-refractivity contribution is 6.30. The Hall–Kier alpha value is -2.87. The SMILES string of the molecule is O=C(Cn1cc(-c2noc(=O)[nH]2)cn1)N[C@@H]1CCCc2ccc(Cl)cc21. The molecule has 2 aromatic heterocycles. The zero-order chi connectivity index (χ0) is 18.1. The molecule has 1 atom stereocenters. The molecule has 0 fully saturated rings. The van der Waals surface area contributed by atoms with Crippen LogP contribution >= 0.6 is 11.6 Å². The van der Waals surface area contributed by atoms with Crippen molar-refractivity contribution in [1.29, 1.82) is 0 Å². The summed E-state index contributed by atoms with van der Waals surface area (Å²) in [6, 6.07) is 5.78. The van der Waals surface area contributed by atoms with Gasteiger partial charge in [-0.1, -0.05) is 22.8 Å². The molecule has 134 valence electrons. The standard InChI is InChI=1S/C17H16ClN5O3/c18-12-5-4-10-2-1-3-14(13(10)6-12)20-15(24)9-23-8-11(7-19-23)16-21-17(25)26-22-16/h4-8,14H,1-3,9H2,(H,20,24)(H,21,22,25)/t14-/m1/s1. The molecular weight excluding hydrogens is 358 g/mol. The van der Waals surface area contributed by atoms with Gasteiger partial charge in [0.2, 0.25) is 5.91 Å². The molecular formula is C17H16ClN5O3. The van der Waals surface area contributed by atoms with Crippen molar-refractivity contribution in [2.45, 2.75) is 31.8 Å². The Kier molecular flexibility index (Phi) is 4.34. The number of H-pyrrole nitrogens is 1. The summed E-state index contributed by atoms with van der Waals surface area (Å²) in [4.78, 5) is 25.9.